The molecule has 2 heterocycles. The van der Waals surface area contributed by atoms with Gasteiger partial charge in [-0.2, -0.15) is 0 Å². The summed E-state index contributed by atoms with van der Waals surface area (Å²) in [6.07, 6.45) is 2.37. The van der Waals surface area contributed by atoms with Gasteiger partial charge in [-0.3, -0.25) is 9.69 Å². The van der Waals surface area contributed by atoms with E-state index in [0.29, 0.717) is 18.6 Å². The van der Waals surface area contributed by atoms with Crippen LogP contribution in [0.15, 0.2) is 5.38 Å². The largest absolute Gasteiger partial charge is 0.308 e. The van der Waals surface area contributed by atoms with E-state index < -0.39 is 0 Å². The lowest BCUT2D eigenvalue weighted by Gasteiger charge is -2.35. The number of aromatic nitrogens is 1. The van der Waals surface area contributed by atoms with E-state index >= 15 is 0 Å². The third-order valence-electron chi connectivity index (χ3n) is 4.25. The molecule has 1 aliphatic heterocycles. The third kappa shape index (κ3) is 4.25. The molecule has 1 aromatic heterocycles. The van der Waals surface area contributed by atoms with Crippen molar-refractivity contribution in [3.05, 3.63) is 11.1 Å². The molecule has 1 N–H and O–H groups in total. The second kappa shape index (κ2) is 7.33. The molecule has 2 rings (SSSR count). The fourth-order valence-electron chi connectivity index (χ4n) is 2.72. The van der Waals surface area contributed by atoms with Crippen LogP contribution in [0.4, 0.5) is 5.13 Å². The Balaban J connectivity index is 1.87. The lowest BCUT2D eigenvalue weighted by Crippen LogP contribution is -2.45. The van der Waals surface area contributed by atoms with E-state index in [2.05, 4.69) is 29.2 Å². The first kappa shape index (κ1) is 16.4. The number of hydrogen-bond acceptors (Lipinski definition) is 5. The number of rotatable bonds is 5. The monoisotopic (exact) mass is 310 g/mol. The van der Waals surface area contributed by atoms with Gasteiger partial charge < -0.3 is 10.2 Å². The lowest BCUT2D eigenvalue weighted by molar-refractivity contribution is -0.116. The van der Waals surface area contributed by atoms with Crippen LogP contribution in [0.3, 0.4) is 0 Å². The minimum absolute atomic E-state index is 0.0514. The molecule has 21 heavy (non-hydrogen) atoms. The topological polar surface area (TPSA) is 48.5 Å². The summed E-state index contributed by atoms with van der Waals surface area (Å²) >= 11 is 1.54. The maximum Gasteiger partial charge on any atom is 0.225 e. The first-order valence-electron chi connectivity index (χ1n) is 7.67. The minimum Gasteiger partial charge on any atom is -0.308 e. The van der Waals surface area contributed by atoms with Crippen molar-refractivity contribution in [2.24, 2.45) is 0 Å². The average Bonchev–Trinajstić information content (AvgIpc) is 2.89. The number of hydrogen-bond donors (Lipinski definition) is 1. The molecule has 1 amide bonds. The summed E-state index contributed by atoms with van der Waals surface area (Å²) in [5.74, 6) is 0.0514. The van der Waals surface area contributed by atoms with E-state index in [1.54, 1.807) is 23.2 Å². The second-order valence-corrected chi connectivity index (χ2v) is 6.65. The van der Waals surface area contributed by atoms with Gasteiger partial charge in [-0.05, 0) is 40.3 Å². The fraction of sp³-hybridized carbons (Fsp3) is 0.733. The normalized spacial score (nSPS) is 23.2. The standard InChI is InChI=1S/C15H26N4OS/c1-5-19(12(3)20)15-17-14(10-21-15)9-16-13-6-7-18(4)11(2)8-13/h10-11,13,16H,5-9H2,1-4H3. The van der Waals surface area contributed by atoms with Gasteiger partial charge >= 0.3 is 0 Å². The maximum absolute atomic E-state index is 11.5. The Morgan fingerprint density at radius 2 is 2.38 bits per heavy atom. The van der Waals surface area contributed by atoms with Gasteiger partial charge in [0.05, 0.1) is 5.69 Å². The van der Waals surface area contributed by atoms with Gasteiger partial charge in [-0.25, -0.2) is 4.98 Å². The molecule has 2 atom stereocenters. The Morgan fingerprint density at radius 3 is 3.00 bits per heavy atom. The molecule has 0 spiro atoms. The predicted molar refractivity (Wildman–Crippen MR) is 87.8 cm³/mol. The number of amides is 1. The Kier molecular flexibility index (Phi) is 5.72. The van der Waals surface area contributed by atoms with Gasteiger partial charge in [0.2, 0.25) is 5.91 Å². The summed E-state index contributed by atoms with van der Waals surface area (Å²) in [6, 6.07) is 1.20. The summed E-state index contributed by atoms with van der Waals surface area (Å²) in [5, 5.41) is 6.45. The van der Waals surface area contributed by atoms with Crippen LogP contribution < -0.4 is 10.2 Å². The van der Waals surface area contributed by atoms with Crippen LogP contribution in [-0.2, 0) is 11.3 Å². The Morgan fingerprint density at radius 1 is 1.62 bits per heavy atom. The number of carbonyl (C=O) groups is 1. The summed E-state index contributed by atoms with van der Waals surface area (Å²) in [5.41, 5.74) is 1.03. The van der Waals surface area contributed by atoms with Crippen molar-refractivity contribution in [3.8, 4) is 0 Å². The van der Waals surface area contributed by atoms with Crippen molar-refractivity contribution in [2.45, 2.75) is 52.2 Å². The zero-order valence-corrected chi connectivity index (χ0v) is 14.2. The van der Waals surface area contributed by atoms with Crippen LogP contribution >= 0.6 is 11.3 Å². The smallest absolute Gasteiger partial charge is 0.225 e. The van der Waals surface area contributed by atoms with Gasteiger partial charge in [0.1, 0.15) is 0 Å². The summed E-state index contributed by atoms with van der Waals surface area (Å²) in [7, 11) is 2.19. The summed E-state index contributed by atoms with van der Waals surface area (Å²) in [6.45, 7) is 8.44. The van der Waals surface area contributed by atoms with Crippen molar-refractivity contribution in [2.75, 3.05) is 25.0 Å². The van der Waals surface area contributed by atoms with Crippen molar-refractivity contribution >= 4 is 22.4 Å². The molecular formula is C15H26N4OS. The van der Waals surface area contributed by atoms with Gasteiger partial charge in [0.15, 0.2) is 5.13 Å². The van der Waals surface area contributed by atoms with Crippen molar-refractivity contribution < 1.29 is 4.79 Å². The molecule has 118 valence electrons. The molecule has 0 saturated carbocycles. The maximum atomic E-state index is 11.5. The lowest BCUT2D eigenvalue weighted by atomic mass is 9.99. The van der Waals surface area contributed by atoms with E-state index in [-0.39, 0.29) is 5.91 Å². The Labute approximate surface area is 131 Å². The molecule has 1 aromatic rings. The minimum atomic E-state index is 0.0514. The molecule has 6 heteroatoms. The highest BCUT2D eigenvalue weighted by Gasteiger charge is 2.22. The van der Waals surface area contributed by atoms with E-state index in [4.69, 9.17) is 0 Å². The predicted octanol–water partition coefficient (Wildman–Crippen LogP) is 2.09. The molecule has 5 nitrogen and oxygen atoms in total. The molecule has 0 aliphatic carbocycles. The van der Waals surface area contributed by atoms with E-state index in [1.165, 1.54) is 12.8 Å². The van der Waals surface area contributed by atoms with Crippen molar-refractivity contribution in [1.82, 2.24) is 15.2 Å². The van der Waals surface area contributed by atoms with Gasteiger partial charge in [-0.1, -0.05) is 0 Å². The highest BCUT2D eigenvalue weighted by molar-refractivity contribution is 7.14. The highest BCUT2D eigenvalue weighted by atomic mass is 32.1. The number of likely N-dealkylation sites (tertiary alicyclic amines) is 1. The average molecular weight is 310 g/mol. The van der Waals surface area contributed by atoms with Crippen LogP contribution in [0.2, 0.25) is 0 Å². The fourth-order valence-corrected chi connectivity index (χ4v) is 3.65. The van der Waals surface area contributed by atoms with Crippen LogP contribution in [0.1, 0.15) is 39.3 Å². The van der Waals surface area contributed by atoms with Crippen LogP contribution in [0.5, 0.6) is 0 Å². The zero-order chi connectivity index (χ0) is 15.4. The SMILES string of the molecule is CCN(C(C)=O)c1nc(CNC2CCN(C)C(C)C2)cs1. The Hall–Kier alpha value is -0.980. The number of thiazole rings is 1. The van der Waals surface area contributed by atoms with E-state index in [1.807, 2.05) is 12.3 Å². The Bertz CT molecular complexity index is 476. The number of carbonyl (C=O) groups excluding carboxylic acids is 1. The first-order chi connectivity index (χ1) is 10.0. The molecule has 0 radical (unpaired) electrons. The van der Waals surface area contributed by atoms with Crippen LogP contribution in [0, 0.1) is 0 Å². The number of nitrogens with one attached hydrogen (secondary N) is 1. The van der Waals surface area contributed by atoms with Crippen LogP contribution in [-0.4, -0.2) is 48.0 Å². The molecule has 0 bridgehead atoms. The molecule has 2 unspecified atom stereocenters. The summed E-state index contributed by atoms with van der Waals surface area (Å²) < 4.78 is 0. The van der Waals surface area contributed by atoms with E-state index in [0.717, 1.165) is 23.9 Å². The van der Waals surface area contributed by atoms with Crippen molar-refractivity contribution in [1.29, 1.82) is 0 Å². The quantitative estimate of drug-likeness (QED) is 0.905. The number of piperidine rings is 1. The van der Waals surface area contributed by atoms with Gasteiger partial charge in [-0.15, -0.1) is 11.3 Å². The van der Waals surface area contributed by atoms with Gasteiger partial charge in [0, 0.05) is 37.5 Å². The highest BCUT2D eigenvalue weighted by Crippen LogP contribution is 2.21. The first-order valence-corrected chi connectivity index (χ1v) is 8.55. The third-order valence-corrected chi connectivity index (χ3v) is 5.16. The van der Waals surface area contributed by atoms with E-state index in [9.17, 15) is 4.79 Å². The molecule has 0 aromatic carbocycles. The molecule has 1 fully saturated rings. The second-order valence-electron chi connectivity index (χ2n) is 5.82. The molecule has 1 saturated heterocycles. The number of anilines is 1. The summed E-state index contributed by atoms with van der Waals surface area (Å²) in [4.78, 5) is 20.2. The van der Waals surface area contributed by atoms with Gasteiger partial charge in [0.25, 0.3) is 0 Å². The molecule has 1 aliphatic rings. The van der Waals surface area contributed by atoms with Crippen LogP contribution in [0.25, 0.3) is 0 Å². The number of nitrogens with zero attached hydrogens (tertiary/aromatic N) is 3. The zero-order valence-electron chi connectivity index (χ0n) is 13.4. The molecular weight excluding hydrogens is 284 g/mol. The van der Waals surface area contributed by atoms with Crippen molar-refractivity contribution in [3.63, 3.8) is 0 Å².